The Morgan fingerprint density at radius 1 is 0.353 bits per heavy atom. The summed E-state index contributed by atoms with van der Waals surface area (Å²) in [5.41, 5.74) is 12.5. The monoisotopic (exact) mass is 882 g/mol. The average molecular weight is 883 g/mol. The highest BCUT2D eigenvalue weighted by atomic mass is 16.7. The summed E-state index contributed by atoms with van der Waals surface area (Å²) in [5.74, 6) is 14.6. The molecule has 0 aliphatic heterocycles. The standard InChI is InChI=1S/C60H42N4O4/c1-65-39-67-57-31-23-47-33-41(13-15-43-19-27-53(61-35-43)55-29-21-49(37-63-55)45-9-5-3-6-10-45)17-25-51(47)59(57)60-52-26-18-42(34-48(52)24-32-58(60)68-40-66-2)14-16-44-20-28-54(62-36-44)56-30-22-50(38-64-56)46-11-7-4-8-12-46/h3-12,17-38H,39-40H2,1-2H3. The third kappa shape index (κ3) is 9.55. The Bertz CT molecular complexity index is 3270. The van der Waals surface area contributed by atoms with Crippen LogP contribution in [0.4, 0.5) is 0 Å². The van der Waals surface area contributed by atoms with Gasteiger partial charge in [-0.3, -0.25) is 19.9 Å². The number of nitrogens with zero attached hydrogens (tertiary/aromatic N) is 4. The number of benzene rings is 6. The summed E-state index contributed by atoms with van der Waals surface area (Å²) in [4.78, 5) is 18.7. The van der Waals surface area contributed by atoms with Crippen molar-refractivity contribution in [2.45, 2.75) is 0 Å². The third-order valence-electron chi connectivity index (χ3n) is 11.4. The predicted octanol–water partition coefficient (Wildman–Crippen LogP) is 12.7. The highest BCUT2D eigenvalue weighted by Gasteiger charge is 2.20. The summed E-state index contributed by atoms with van der Waals surface area (Å²) in [6.45, 7) is 0.130. The second-order valence-electron chi connectivity index (χ2n) is 15.8. The fourth-order valence-corrected chi connectivity index (χ4v) is 8.00. The molecule has 68 heavy (non-hydrogen) atoms. The molecule has 326 valence electrons. The summed E-state index contributed by atoms with van der Waals surface area (Å²) < 4.78 is 23.3. The average Bonchev–Trinajstić information content (AvgIpc) is 3.41. The van der Waals surface area contributed by atoms with Crippen LogP contribution in [0.25, 0.3) is 77.7 Å². The number of pyridine rings is 4. The maximum atomic E-state index is 6.25. The van der Waals surface area contributed by atoms with Crippen molar-refractivity contribution in [1.82, 2.24) is 19.9 Å². The third-order valence-corrected chi connectivity index (χ3v) is 11.4. The van der Waals surface area contributed by atoms with E-state index < -0.39 is 0 Å². The van der Waals surface area contributed by atoms with Crippen LogP contribution >= 0.6 is 0 Å². The lowest BCUT2D eigenvalue weighted by Gasteiger charge is -2.19. The van der Waals surface area contributed by atoms with Crippen LogP contribution in [0, 0.1) is 23.7 Å². The van der Waals surface area contributed by atoms with E-state index >= 15 is 0 Å². The van der Waals surface area contributed by atoms with Gasteiger partial charge in [0.15, 0.2) is 13.6 Å². The molecule has 0 N–H and O–H groups in total. The fraction of sp³-hybridized carbons (Fsp3) is 0.0667. The molecule has 0 saturated carbocycles. The smallest absolute Gasteiger partial charge is 0.188 e. The molecule has 0 spiro atoms. The van der Waals surface area contributed by atoms with Crippen LogP contribution in [-0.2, 0) is 9.47 Å². The molecule has 0 atom stereocenters. The Morgan fingerprint density at radius 2 is 0.735 bits per heavy atom. The van der Waals surface area contributed by atoms with Crippen LogP contribution in [0.1, 0.15) is 22.3 Å². The van der Waals surface area contributed by atoms with Gasteiger partial charge < -0.3 is 18.9 Å². The van der Waals surface area contributed by atoms with Crippen LogP contribution in [0.15, 0.2) is 195 Å². The second kappa shape index (κ2) is 20.1. The maximum Gasteiger partial charge on any atom is 0.188 e. The Balaban J connectivity index is 0.928. The van der Waals surface area contributed by atoms with Gasteiger partial charge in [0.2, 0.25) is 0 Å². The molecule has 10 rings (SSSR count). The normalized spacial score (nSPS) is 10.8. The lowest BCUT2D eigenvalue weighted by molar-refractivity contribution is 0.0502. The topological polar surface area (TPSA) is 88.5 Å². The van der Waals surface area contributed by atoms with Gasteiger partial charge in [-0.15, -0.1) is 0 Å². The lowest BCUT2D eigenvalue weighted by Crippen LogP contribution is -2.04. The Labute approximate surface area is 394 Å². The number of aromatic nitrogens is 4. The molecular weight excluding hydrogens is 841 g/mol. The van der Waals surface area contributed by atoms with Crippen LogP contribution in [0.5, 0.6) is 11.5 Å². The largest absolute Gasteiger partial charge is 0.467 e. The van der Waals surface area contributed by atoms with E-state index in [1.165, 1.54) is 0 Å². The zero-order valence-electron chi connectivity index (χ0n) is 37.3. The zero-order chi connectivity index (χ0) is 46.1. The minimum absolute atomic E-state index is 0.0651. The molecule has 0 fully saturated rings. The van der Waals surface area contributed by atoms with Crippen molar-refractivity contribution in [1.29, 1.82) is 0 Å². The first kappa shape index (κ1) is 43.0. The highest BCUT2D eigenvalue weighted by molar-refractivity contribution is 6.10. The maximum absolute atomic E-state index is 6.25. The number of methoxy groups -OCH3 is 2. The Hall–Kier alpha value is -8.92. The van der Waals surface area contributed by atoms with Crippen molar-refractivity contribution < 1.29 is 18.9 Å². The number of ether oxygens (including phenoxy) is 4. The van der Waals surface area contributed by atoms with Gasteiger partial charge in [-0.1, -0.05) is 121 Å². The molecule has 0 amide bonds. The molecule has 10 aromatic rings. The van der Waals surface area contributed by atoms with Crippen LogP contribution in [-0.4, -0.2) is 47.7 Å². The van der Waals surface area contributed by atoms with Gasteiger partial charge in [-0.05, 0) is 105 Å². The minimum atomic E-state index is 0.0651. The fourth-order valence-electron chi connectivity index (χ4n) is 8.00. The van der Waals surface area contributed by atoms with Crippen LogP contribution < -0.4 is 9.47 Å². The first-order chi connectivity index (χ1) is 33.6. The van der Waals surface area contributed by atoms with Gasteiger partial charge in [0.05, 0.1) is 22.8 Å². The van der Waals surface area contributed by atoms with Crippen molar-refractivity contribution in [2.24, 2.45) is 0 Å². The number of rotatable bonds is 11. The van der Waals surface area contributed by atoms with E-state index in [0.717, 1.165) is 100.0 Å². The van der Waals surface area contributed by atoms with Gasteiger partial charge in [-0.2, -0.15) is 0 Å². The van der Waals surface area contributed by atoms with Crippen molar-refractivity contribution in [2.75, 3.05) is 27.8 Å². The van der Waals surface area contributed by atoms with Gasteiger partial charge in [0.25, 0.3) is 0 Å². The first-order valence-corrected chi connectivity index (χ1v) is 22.0. The lowest BCUT2D eigenvalue weighted by atomic mass is 9.91. The first-order valence-electron chi connectivity index (χ1n) is 22.0. The van der Waals surface area contributed by atoms with Gasteiger partial charge >= 0.3 is 0 Å². The Morgan fingerprint density at radius 3 is 1.10 bits per heavy atom. The zero-order valence-corrected chi connectivity index (χ0v) is 37.3. The number of hydrogen-bond donors (Lipinski definition) is 0. The molecule has 0 saturated heterocycles. The summed E-state index contributed by atoms with van der Waals surface area (Å²) in [7, 11) is 3.21. The molecule has 0 unspecified atom stereocenters. The molecule has 8 nitrogen and oxygen atoms in total. The van der Waals surface area contributed by atoms with Crippen molar-refractivity contribution in [3.05, 3.63) is 217 Å². The molecule has 0 bridgehead atoms. The van der Waals surface area contributed by atoms with E-state index in [2.05, 4.69) is 104 Å². The molecule has 4 heterocycles. The summed E-state index contributed by atoms with van der Waals surface area (Å²) in [6.07, 6.45) is 7.32. The van der Waals surface area contributed by atoms with Gasteiger partial charge in [-0.25, -0.2) is 0 Å². The van der Waals surface area contributed by atoms with E-state index in [1.54, 1.807) is 26.6 Å². The van der Waals surface area contributed by atoms with Gasteiger partial charge in [0, 0.05) is 83.5 Å². The molecular formula is C60H42N4O4. The van der Waals surface area contributed by atoms with E-state index in [4.69, 9.17) is 18.9 Å². The quantitative estimate of drug-likeness (QED) is 0.0937. The number of hydrogen-bond acceptors (Lipinski definition) is 8. The molecule has 0 radical (unpaired) electrons. The van der Waals surface area contributed by atoms with E-state index in [0.29, 0.717) is 11.5 Å². The minimum Gasteiger partial charge on any atom is -0.467 e. The van der Waals surface area contributed by atoms with Gasteiger partial charge in [0.1, 0.15) is 11.5 Å². The predicted molar refractivity (Wildman–Crippen MR) is 270 cm³/mol. The van der Waals surface area contributed by atoms with E-state index in [-0.39, 0.29) is 13.6 Å². The summed E-state index contributed by atoms with van der Waals surface area (Å²) in [6, 6.07) is 56.7. The Kier molecular flexibility index (Phi) is 12.7. The molecule has 0 aliphatic rings. The van der Waals surface area contributed by atoms with E-state index in [1.807, 2.05) is 122 Å². The number of fused-ring (bicyclic) bond motifs is 2. The van der Waals surface area contributed by atoms with Crippen LogP contribution in [0.2, 0.25) is 0 Å². The van der Waals surface area contributed by atoms with Crippen molar-refractivity contribution >= 4 is 21.5 Å². The SMILES string of the molecule is COCOc1ccc2cc(C#Cc3ccc(-c4ccc(-c5ccccc5)cn4)nc3)ccc2c1-c1c(OCOC)ccc2cc(C#Cc3ccc(-c4ccc(-c5ccccc5)cn4)nc3)ccc12. The highest BCUT2D eigenvalue weighted by Crippen LogP contribution is 2.46. The van der Waals surface area contributed by atoms with Crippen molar-refractivity contribution in [3.63, 3.8) is 0 Å². The van der Waals surface area contributed by atoms with Crippen molar-refractivity contribution in [3.8, 4) is 91.3 Å². The molecule has 8 heteroatoms. The summed E-state index contributed by atoms with van der Waals surface area (Å²) >= 11 is 0. The molecule has 4 aromatic heterocycles. The van der Waals surface area contributed by atoms with E-state index in [9.17, 15) is 0 Å². The molecule has 6 aromatic carbocycles. The van der Waals surface area contributed by atoms with Crippen LogP contribution in [0.3, 0.4) is 0 Å². The second-order valence-corrected chi connectivity index (χ2v) is 15.8. The molecule has 0 aliphatic carbocycles. The summed E-state index contributed by atoms with van der Waals surface area (Å²) in [5, 5.41) is 3.87.